The number of ether oxygens (including phenoxy) is 1. The summed E-state index contributed by atoms with van der Waals surface area (Å²) < 4.78 is 5.18. The normalized spacial score (nSPS) is 16.7. The highest BCUT2D eigenvalue weighted by molar-refractivity contribution is 8.01. The smallest absolute Gasteiger partial charge is 0.308 e. The van der Waals surface area contributed by atoms with E-state index in [2.05, 4.69) is 10.6 Å². The molecule has 2 N–H and O–H groups in total. The SMILES string of the molecule is C[C@H](OC(=O)C[C@H]1Sc2ccccc2NC1=O)C(=O)Nc1ccc(Cl)cc1. The number of carbonyl (C=O) groups excluding carboxylic acids is 3. The van der Waals surface area contributed by atoms with Gasteiger partial charge in [-0.05, 0) is 43.3 Å². The third kappa shape index (κ3) is 5.02. The average Bonchev–Trinajstić information content (AvgIpc) is 2.64. The Kier molecular flexibility index (Phi) is 6.03. The van der Waals surface area contributed by atoms with Gasteiger partial charge in [0.15, 0.2) is 6.10 Å². The second kappa shape index (κ2) is 8.45. The van der Waals surface area contributed by atoms with Gasteiger partial charge in [-0.1, -0.05) is 23.7 Å². The van der Waals surface area contributed by atoms with Crippen molar-refractivity contribution in [2.24, 2.45) is 0 Å². The fourth-order valence-electron chi connectivity index (χ4n) is 2.45. The predicted molar refractivity (Wildman–Crippen MR) is 105 cm³/mol. The van der Waals surface area contributed by atoms with Gasteiger partial charge in [0, 0.05) is 15.6 Å². The molecule has 0 aromatic heterocycles. The van der Waals surface area contributed by atoms with E-state index in [0.29, 0.717) is 10.7 Å². The van der Waals surface area contributed by atoms with Crippen LogP contribution in [0, 0.1) is 0 Å². The van der Waals surface area contributed by atoms with Crippen LogP contribution in [0.2, 0.25) is 5.02 Å². The molecule has 2 atom stereocenters. The van der Waals surface area contributed by atoms with Crippen molar-refractivity contribution in [3.63, 3.8) is 0 Å². The van der Waals surface area contributed by atoms with Crippen LogP contribution in [0.4, 0.5) is 11.4 Å². The van der Waals surface area contributed by atoms with Crippen molar-refractivity contribution in [1.29, 1.82) is 0 Å². The average molecular weight is 405 g/mol. The van der Waals surface area contributed by atoms with Gasteiger partial charge in [0.1, 0.15) is 0 Å². The molecule has 0 aliphatic carbocycles. The molecule has 0 bridgehead atoms. The third-order valence-corrected chi connectivity index (χ3v) is 5.38. The molecule has 2 amide bonds. The molecule has 6 nitrogen and oxygen atoms in total. The molecule has 1 heterocycles. The molecule has 0 fully saturated rings. The first-order valence-corrected chi connectivity index (χ1v) is 9.50. The molecule has 1 aliphatic rings. The van der Waals surface area contributed by atoms with Crippen LogP contribution < -0.4 is 10.6 Å². The van der Waals surface area contributed by atoms with E-state index < -0.39 is 23.2 Å². The van der Waals surface area contributed by atoms with Crippen molar-refractivity contribution in [1.82, 2.24) is 0 Å². The van der Waals surface area contributed by atoms with Gasteiger partial charge in [-0.15, -0.1) is 11.8 Å². The monoisotopic (exact) mass is 404 g/mol. The topological polar surface area (TPSA) is 84.5 Å². The van der Waals surface area contributed by atoms with Gasteiger partial charge in [0.25, 0.3) is 5.91 Å². The van der Waals surface area contributed by atoms with Crippen molar-refractivity contribution < 1.29 is 19.1 Å². The highest BCUT2D eigenvalue weighted by Gasteiger charge is 2.30. The molecule has 2 aromatic rings. The highest BCUT2D eigenvalue weighted by Crippen LogP contribution is 2.36. The summed E-state index contributed by atoms with van der Waals surface area (Å²) >= 11 is 7.11. The molecule has 8 heteroatoms. The summed E-state index contributed by atoms with van der Waals surface area (Å²) in [5, 5.41) is 5.37. The molecular formula is C19H17ClN2O4S. The van der Waals surface area contributed by atoms with Crippen LogP contribution in [-0.4, -0.2) is 29.1 Å². The fourth-order valence-corrected chi connectivity index (χ4v) is 3.68. The number of rotatable bonds is 5. The number of hydrogen-bond acceptors (Lipinski definition) is 5. The molecule has 27 heavy (non-hydrogen) atoms. The van der Waals surface area contributed by atoms with E-state index >= 15 is 0 Å². The lowest BCUT2D eigenvalue weighted by Crippen LogP contribution is -2.34. The summed E-state index contributed by atoms with van der Waals surface area (Å²) in [6.45, 7) is 1.48. The maximum Gasteiger partial charge on any atom is 0.308 e. The lowest BCUT2D eigenvalue weighted by atomic mass is 10.2. The zero-order valence-corrected chi connectivity index (χ0v) is 16.0. The zero-order valence-electron chi connectivity index (χ0n) is 14.4. The number of benzene rings is 2. The molecular weight excluding hydrogens is 388 g/mol. The van der Waals surface area contributed by atoms with Crippen LogP contribution in [0.5, 0.6) is 0 Å². The molecule has 0 saturated heterocycles. The molecule has 2 aromatic carbocycles. The Morgan fingerprint density at radius 2 is 1.93 bits per heavy atom. The number of hydrogen-bond donors (Lipinski definition) is 2. The van der Waals surface area contributed by atoms with Crippen molar-refractivity contribution in [3.05, 3.63) is 53.6 Å². The first kappa shape index (κ1) is 19.3. The standard InChI is InChI=1S/C19H17ClN2O4S/c1-11(18(24)21-13-8-6-12(20)7-9-13)26-17(23)10-16-19(25)22-14-4-2-3-5-15(14)27-16/h2-9,11,16H,10H2,1H3,(H,21,24)(H,22,25)/t11-,16+/m0/s1. The number of amides is 2. The van der Waals surface area contributed by atoms with E-state index in [0.717, 1.165) is 10.6 Å². The van der Waals surface area contributed by atoms with Gasteiger partial charge < -0.3 is 15.4 Å². The summed E-state index contributed by atoms with van der Waals surface area (Å²) in [6, 6.07) is 14.0. The minimum absolute atomic E-state index is 0.122. The van der Waals surface area contributed by atoms with Crippen LogP contribution in [0.1, 0.15) is 13.3 Å². The Morgan fingerprint density at radius 3 is 2.67 bits per heavy atom. The lowest BCUT2D eigenvalue weighted by molar-refractivity contribution is -0.153. The number of thioether (sulfide) groups is 1. The molecule has 0 spiro atoms. The second-order valence-corrected chi connectivity index (χ2v) is 7.61. The third-order valence-electron chi connectivity index (χ3n) is 3.85. The molecule has 3 rings (SSSR count). The first-order chi connectivity index (χ1) is 12.9. The molecule has 1 aliphatic heterocycles. The van der Waals surface area contributed by atoms with Crippen LogP contribution in [-0.2, 0) is 19.1 Å². The lowest BCUT2D eigenvalue weighted by Gasteiger charge is -2.23. The Labute approximate surface area is 165 Å². The maximum atomic E-state index is 12.2. The van der Waals surface area contributed by atoms with E-state index in [-0.39, 0.29) is 12.3 Å². The summed E-state index contributed by atoms with van der Waals surface area (Å²) in [4.78, 5) is 37.4. The van der Waals surface area contributed by atoms with Crippen LogP contribution in [0.15, 0.2) is 53.4 Å². The quantitative estimate of drug-likeness (QED) is 0.742. The van der Waals surface area contributed by atoms with E-state index in [9.17, 15) is 14.4 Å². The minimum atomic E-state index is -0.989. The number of esters is 1. The van der Waals surface area contributed by atoms with Crippen molar-refractivity contribution in [2.75, 3.05) is 10.6 Å². The number of para-hydroxylation sites is 1. The van der Waals surface area contributed by atoms with Crippen molar-refractivity contribution >= 4 is 52.5 Å². The van der Waals surface area contributed by atoms with Gasteiger partial charge in [0.2, 0.25) is 5.91 Å². The van der Waals surface area contributed by atoms with Crippen LogP contribution in [0.25, 0.3) is 0 Å². The minimum Gasteiger partial charge on any atom is -0.452 e. The van der Waals surface area contributed by atoms with Crippen LogP contribution >= 0.6 is 23.4 Å². The number of carbonyl (C=O) groups is 3. The second-order valence-electron chi connectivity index (χ2n) is 5.92. The molecule has 0 unspecified atom stereocenters. The number of fused-ring (bicyclic) bond motifs is 1. The fraction of sp³-hybridized carbons (Fsp3) is 0.211. The predicted octanol–water partition coefficient (Wildman–Crippen LogP) is 3.71. The van der Waals surface area contributed by atoms with Crippen molar-refractivity contribution in [3.8, 4) is 0 Å². The summed E-state index contributed by atoms with van der Waals surface area (Å²) in [5.41, 5.74) is 1.28. The highest BCUT2D eigenvalue weighted by atomic mass is 35.5. The molecule has 140 valence electrons. The van der Waals surface area contributed by atoms with Crippen LogP contribution in [0.3, 0.4) is 0 Å². The van der Waals surface area contributed by atoms with E-state index in [1.165, 1.54) is 18.7 Å². The maximum absolute atomic E-state index is 12.2. The van der Waals surface area contributed by atoms with Gasteiger partial charge >= 0.3 is 5.97 Å². The van der Waals surface area contributed by atoms with E-state index in [1.807, 2.05) is 18.2 Å². The number of anilines is 2. The van der Waals surface area contributed by atoms with E-state index in [1.54, 1.807) is 30.3 Å². The summed E-state index contributed by atoms with van der Waals surface area (Å²) in [6.07, 6.45) is -1.11. The summed E-state index contributed by atoms with van der Waals surface area (Å²) in [7, 11) is 0. The molecule has 0 saturated carbocycles. The number of halogens is 1. The van der Waals surface area contributed by atoms with Gasteiger partial charge in [-0.3, -0.25) is 14.4 Å². The van der Waals surface area contributed by atoms with Gasteiger partial charge in [0.05, 0.1) is 17.4 Å². The largest absolute Gasteiger partial charge is 0.452 e. The number of nitrogens with one attached hydrogen (secondary N) is 2. The Morgan fingerprint density at radius 1 is 1.22 bits per heavy atom. The van der Waals surface area contributed by atoms with Crippen molar-refractivity contribution in [2.45, 2.75) is 29.6 Å². The zero-order chi connectivity index (χ0) is 19.4. The van der Waals surface area contributed by atoms with Gasteiger partial charge in [-0.2, -0.15) is 0 Å². The first-order valence-electron chi connectivity index (χ1n) is 8.25. The Hall–Kier alpha value is -2.51. The summed E-state index contributed by atoms with van der Waals surface area (Å²) in [5.74, 6) is -1.33. The Balaban J connectivity index is 1.53. The Bertz CT molecular complexity index is 872. The molecule has 0 radical (unpaired) electrons. The van der Waals surface area contributed by atoms with E-state index in [4.69, 9.17) is 16.3 Å². The van der Waals surface area contributed by atoms with Gasteiger partial charge in [-0.25, -0.2) is 0 Å².